The van der Waals surface area contributed by atoms with E-state index in [4.69, 9.17) is 5.26 Å². The summed E-state index contributed by atoms with van der Waals surface area (Å²) < 4.78 is 53.0. The van der Waals surface area contributed by atoms with Crippen molar-refractivity contribution in [2.24, 2.45) is 0 Å². The van der Waals surface area contributed by atoms with Crippen LogP contribution in [-0.4, -0.2) is 26.7 Å². The molecule has 0 radical (unpaired) electrons. The van der Waals surface area contributed by atoms with Gasteiger partial charge in [0.1, 0.15) is 18.2 Å². The number of ketones is 2. The average Bonchev–Trinajstić information content (AvgIpc) is 3.06. The highest BCUT2D eigenvalue weighted by atomic mass is 19.4. The van der Waals surface area contributed by atoms with Crippen molar-refractivity contribution in [2.45, 2.75) is 24.4 Å². The SMILES string of the molecule is N#Cc1cncnn1.O=C1C=c2ccccc2=c2ccc3c(c21)C(Cc1ccc(C(F)(F)F)cc1)C(=O)C(c1ccc(F)cc1)C=3. The molecule has 226 valence electrons. The van der Waals surface area contributed by atoms with Crippen LogP contribution in [0.4, 0.5) is 17.6 Å². The summed E-state index contributed by atoms with van der Waals surface area (Å²) >= 11 is 0. The third-order valence-corrected chi connectivity index (χ3v) is 7.95. The van der Waals surface area contributed by atoms with E-state index in [1.165, 1.54) is 36.8 Å². The van der Waals surface area contributed by atoms with Gasteiger partial charge in [0.25, 0.3) is 0 Å². The molecule has 10 heteroatoms. The van der Waals surface area contributed by atoms with Crippen molar-refractivity contribution in [3.05, 3.63) is 158 Å². The minimum absolute atomic E-state index is 0.126. The molecule has 2 atom stereocenters. The molecule has 1 heterocycles. The van der Waals surface area contributed by atoms with Crippen LogP contribution in [0.3, 0.4) is 0 Å². The standard InChI is InChI=1S/C32H20F4O2.C4H2N4/c33-23-12-7-19(8-13-23)26-16-21-9-14-25-24-4-2-1-3-20(24)17-28(37)30(25)29(21)27(31(26)38)15-18-5-10-22(11-6-18)32(34,35)36;5-1-4-2-6-3-7-8-4/h1-14,16-17,26-27H,15H2;2-3H. The predicted octanol–water partition coefficient (Wildman–Crippen LogP) is 5.32. The summed E-state index contributed by atoms with van der Waals surface area (Å²) in [6.45, 7) is 0. The number of nitriles is 1. The summed E-state index contributed by atoms with van der Waals surface area (Å²) in [7, 11) is 0. The molecular formula is C36H22F4N4O2. The lowest BCUT2D eigenvalue weighted by molar-refractivity contribution is -0.137. The first-order valence-corrected chi connectivity index (χ1v) is 14.1. The van der Waals surface area contributed by atoms with Gasteiger partial charge < -0.3 is 0 Å². The van der Waals surface area contributed by atoms with Crippen molar-refractivity contribution in [1.82, 2.24) is 15.2 Å². The normalized spacial score (nSPS) is 16.3. The van der Waals surface area contributed by atoms with Crippen LogP contribution in [0.1, 0.15) is 50.1 Å². The molecule has 4 aromatic carbocycles. The van der Waals surface area contributed by atoms with Crippen LogP contribution in [0, 0.1) is 27.6 Å². The zero-order chi connectivity index (χ0) is 32.4. The van der Waals surface area contributed by atoms with Crippen LogP contribution in [0.2, 0.25) is 0 Å². The molecule has 46 heavy (non-hydrogen) atoms. The lowest BCUT2D eigenvalue weighted by Crippen LogP contribution is -2.35. The van der Waals surface area contributed by atoms with Gasteiger partial charge in [-0.15, -0.1) is 10.2 Å². The Balaban J connectivity index is 0.000000407. The number of nitrogens with zero attached hydrogens (tertiary/aromatic N) is 4. The highest BCUT2D eigenvalue weighted by Crippen LogP contribution is 2.36. The molecule has 7 rings (SSSR count). The van der Waals surface area contributed by atoms with Crippen LogP contribution in [0.5, 0.6) is 0 Å². The largest absolute Gasteiger partial charge is 0.416 e. The molecule has 2 aliphatic rings. The maximum Gasteiger partial charge on any atom is 0.416 e. The van der Waals surface area contributed by atoms with Gasteiger partial charge in [-0.1, -0.05) is 66.7 Å². The first kappa shape index (κ1) is 30.2. The number of carbonyl (C=O) groups is 2. The first-order chi connectivity index (χ1) is 22.1. The Hall–Kier alpha value is -5.82. The number of rotatable bonds is 3. The first-order valence-electron chi connectivity index (χ1n) is 14.1. The van der Waals surface area contributed by atoms with E-state index in [0.29, 0.717) is 22.3 Å². The van der Waals surface area contributed by atoms with E-state index in [0.717, 1.165) is 33.0 Å². The zero-order valence-corrected chi connectivity index (χ0v) is 23.9. The number of halogens is 4. The van der Waals surface area contributed by atoms with Gasteiger partial charge in [0.2, 0.25) is 0 Å². The molecular weight excluding hydrogens is 596 g/mol. The Labute approximate surface area is 259 Å². The van der Waals surface area contributed by atoms with Crippen LogP contribution in [-0.2, 0) is 17.4 Å². The number of carbonyl (C=O) groups excluding carboxylic acids is 2. The number of hydrogen-bond donors (Lipinski definition) is 0. The van der Waals surface area contributed by atoms with Crippen LogP contribution in [0.15, 0.2) is 97.5 Å². The van der Waals surface area contributed by atoms with Gasteiger partial charge in [0.15, 0.2) is 17.3 Å². The van der Waals surface area contributed by atoms with E-state index in [-0.39, 0.29) is 23.7 Å². The Kier molecular flexibility index (Phi) is 8.07. The Morgan fingerprint density at radius 3 is 2.24 bits per heavy atom. The number of hydrogen-bond acceptors (Lipinski definition) is 6. The number of Topliss-reactive ketones (excluding diaryl/α,β-unsaturated/α-hetero) is 2. The van der Waals surface area contributed by atoms with Gasteiger partial charge in [0.05, 0.1) is 17.7 Å². The van der Waals surface area contributed by atoms with E-state index in [2.05, 4.69) is 15.2 Å². The lowest BCUT2D eigenvalue weighted by Gasteiger charge is -2.28. The summed E-state index contributed by atoms with van der Waals surface area (Å²) in [6, 6.07) is 23.5. The van der Waals surface area contributed by atoms with Gasteiger partial charge in [0, 0.05) is 11.5 Å². The Morgan fingerprint density at radius 2 is 1.59 bits per heavy atom. The van der Waals surface area contributed by atoms with E-state index >= 15 is 0 Å². The highest BCUT2D eigenvalue weighted by molar-refractivity contribution is 6.19. The van der Waals surface area contributed by atoms with E-state index in [1.807, 2.05) is 36.4 Å². The molecule has 0 fully saturated rings. The predicted molar refractivity (Wildman–Crippen MR) is 160 cm³/mol. The summed E-state index contributed by atoms with van der Waals surface area (Å²) in [5.74, 6) is -2.29. The van der Waals surface area contributed by atoms with Crippen molar-refractivity contribution >= 4 is 23.7 Å². The second kappa shape index (κ2) is 12.3. The van der Waals surface area contributed by atoms with Crippen molar-refractivity contribution in [2.75, 3.05) is 0 Å². The zero-order valence-electron chi connectivity index (χ0n) is 23.9. The van der Waals surface area contributed by atoms with Gasteiger partial charge in [-0.3, -0.25) is 9.59 Å². The summed E-state index contributed by atoms with van der Waals surface area (Å²) in [5, 5.41) is 18.1. The van der Waals surface area contributed by atoms with Crippen LogP contribution < -0.4 is 10.4 Å². The van der Waals surface area contributed by atoms with Crippen molar-refractivity contribution < 1.29 is 27.2 Å². The second-order valence-corrected chi connectivity index (χ2v) is 10.7. The number of fused-ring (bicyclic) bond motifs is 4. The monoisotopic (exact) mass is 618 g/mol. The maximum atomic E-state index is 14.0. The molecule has 0 aliphatic heterocycles. The topological polar surface area (TPSA) is 96.6 Å². The maximum absolute atomic E-state index is 14.0. The van der Waals surface area contributed by atoms with E-state index in [1.54, 1.807) is 30.4 Å². The van der Waals surface area contributed by atoms with Crippen LogP contribution in [0.25, 0.3) is 12.2 Å². The number of benzene rings is 4. The minimum atomic E-state index is -4.47. The molecule has 0 amide bonds. The third-order valence-electron chi connectivity index (χ3n) is 7.95. The summed E-state index contributed by atoms with van der Waals surface area (Å²) in [5.41, 5.74) is 1.66. The van der Waals surface area contributed by atoms with Gasteiger partial charge in [-0.2, -0.15) is 18.4 Å². The fourth-order valence-corrected chi connectivity index (χ4v) is 5.85. The minimum Gasteiger partial charge on any atom is -0.298 e. The van der Waals surface area contributed by atoms with Crippen molar-refractivity contribution in [3.63, 3.8) is 0 Å². The molecule has 6 nitrogen and oxygen atoms in total. The Morgan fingerprint density at radius 1 is 0.848 bits per heavy atom. The van der Waals surface area contributed by atoms with Gasteiger partial charge in [-0.25, -0.2) is 9.37 Å². The molecule has 0 N–H and O–H groups in total. The van der Waals surface area contributed by atoms with Crippen molar-refractivity contribution in [1.29, 1.82) is 5.26 Å². The molecule has 0 saturated carbocycles. The van der Waals surface area contributed by atoms with Gasteiger partial charge >= 0.3 is 6.18 Å². The molecule has 1 aromatic heterocycles. The summed E-state index contributed by atoms with van der Waals surface area (Å²) in [4.78, 5) is 31.0. The number of aromatic nitrogens is 3. The van der Waals surface area contributed by atoms with E-state index in [9.17, 15) is 27.2 Å². The molecule has 2 unspecified atom stereocenters. The van der Waals surface area contributed by atoms with E-state index < -0.39 is 29.4 Å². The quantitative estimate of drug-likeness (QED) is 0.254. The molecule has 2 aliphatic carbocycles. The average molecular weight is 619 g/mol. The Bertz CT molecular complexity index is 2230. The van der Waals surface area contributed by atoms with Gasteiger partial charge in [-0.05, 0) is 74.3 Å². The third kappa shape index (κ3) is 5.95. The molecule has 0 spiro atoms. The molecule has 5 aromatic rings. The fourth-order valence-electron chi connectivity index (χ4n) is 5.85. The number of alkyl halides is 3. The highest BCUT2D eigenvalue weighted by Gasteiger charge is 2.36. The smallest absolute Gasteiger partial charge is 0.298 e. The van der Waals surface area contributed by atoms with Crippen LogP contribution >= 0.6 is 0 Å². The summed E-state index contributed by atoms with van der Waals surface area (Å²) in [6.07, 6.45) is 1.64. The molecule has 0 bridgehead atoms. The fraction of sp³-hybridized carbons (Fsp3) is 0.111. The molecule has 0 saturated heterocycles. The lowest BCUT2D eigenvalue weighted by atomic mass is 9.73. The second-order valence-electron chi connectivity index (χ2n) is 10.7. The van der Waals surface area contributed by atoms with Crippen molar-refractivity contribution in [3.8, 4) is 6.07 Å².